The van der Waals surface area contributed by atoms with Gasteiger partial charge in [0, 0.05) is 18.9 Å². The topological polar surface area (TPSA) is 165 Å². The van der Waals surface area contributed by atoms with Crippen molar-refractivity contribution in [3.63, 3.8) is 0 Å². The number of carboxylic acid groups (broad SMARTS) is 1. The maximum Gasteiger partial charge on any atom is 0.336 e. The van der Waals surface area contributed by atoms with Crippen molar-refractivity contribution in [2.75, 3.05) is 6.61 Å². The first-order valence-corrected chi connectivity index (χ1v) is 14.6. The second kappa shape index (κ2) is 14.1. The van der Waals surface area contributed by atoms with Gasteiger partial charge in [0.05, 0.1) is 23.8 Å². The third-order valence-electron chi connectivity index (χ3n) is 8.19. The molecule has 2 unspecified atom stereocenters. The molecule has 42 heavy (non-hydrogen) atoms. The van der Waals surface area contributed by atoms with Crippen molar-refractivity contribution in [2.45, 2.75) is 83.2 Å². The van der Waals surface area contributed by atoms with E-state index in [1.165, 1.54) is 44.4 Å². The maximum absolute atomic E-state index is 13.6. The second-order valence-corrected chi connectivity index (χ2v) is 11.3. The van der Waals surface area contributed by atoms with Gasteiger partial charge in [0.1, 0.15) is 11.8 Å². The molecular formula is C32H39N3O7. The number of nitrogens with two attached hydrogens (primary N) is 1. The molecule has 0 aliphatic heterocycles. The number of aryl methyl sites for hydroxylation is 1. The second-order valence-electron chi connectivity index (χ2n) is 11.3. The third kappa shape index (κ3) is 7.74. The van der Waals surface area contributed by atoms with Gasteiger partial charge in [0.15, 0.2) is 6.29 Å². The summed E-state index contributed by atoms with van der Waals surface area (Å²) in [5.74, 6) is -1.74. The Morgan fingerprint density at radius 3 is 2.43 bits per heavy atom. The highest BCUT2D eigenvalue weighted by Crippen LogP contribution is 2.35. The van der Waals surface area contributed by atoms with E-state index < -0.39 is 35.8 Å². The average molecular weight is 578 g/mol. The van der Waals surface area contributed by atoms with Crippen molar-refractivity contribution in [1.29, 1.82) is 0 Å². The van der Waals surface area contributed by atoms with Crippen molar-refractivity contribution < 1.29 is 33.8 Å². The minimum absolute atomic E-state index is 0.0137. The molecule has 0 saturated heterocycles. The molecule has 0 spiro atoms. The molecule has 2 aromatic rings. The SMILES string of the molecule is CC(=O)NC(Cc1ccc(C(=O)O)c(C=O)c1)C(=O)NC1CCCCc2cc(OCC3CCCCC3)c(C(N)=O)cc21. The van der Waals surface area contributed by atoms with Gasteiger partial charge in [0.2, 0.25) is 11.8 Å². The number of primary amides is 1. The van der Waals surface area contributed by atoms with Crippen LogP contribution < -0.4 is 21.1 Å². The fourth-order valence-electron chi connectivity index (χ4n) is 6.02. The average Bonchev–Trinajstić information content (AvgIpc) is 3.16. The van der Waals surface area contributed by atoms with E-state index in [1.54, 1.807) is 6.07 Å². The first-order valence-electron chi connectivity index (χ1n) is 14.6. The molecule has 0 bridgehead atoms. The van der Waals surface area contributed by atoms with Crippen LogP contribution in [0.2, 0.25) is 0 Å². The lowest BCUT2D eigenvalue weighted by atomic mass is 9.90. The van der Waals surface area contributed by atoms with E-state index in [-0.39, 0.29) is 23.1 Å². The Morgan fingerprint density at radius 1 is 1.02 bits per heavy atom. The highest BCUT2D eigenvalue weighted by molar-refractivity contribution is 5.97. The first kappa shape index (κ1) is 30.7. The number of carboxylic acids is 1. The maximum atomic E-state index is 13.6. The van der Waals surface area contributed by atoms with Crippen LogP contribution in [0.25, 0.3) is 0 Å². The van der Waals surface area contributed by atoms with Gasteiger partial charge in [0.25, 0.3) is 5.91 Å². The highest BCUT2D eigenvalue weighted by Gasteiger charge is 2.28. The number of hydrogen-bond acceptors (Lipinski definition) is 6. The molecule has 10 heteroatoms. The summed E-state index contributed by atoms with van der Waals surface area (Å²) in [6.07, 6.45) is 9.48. The minimum atomic E-state index is -1.23. The predicted octanol–water partition coefficient (Wildman–Crippen LogP) is 3.89. The van der Waals surface area contributed by atoms with Crippen molar-refractivity contribution >= 4 is 30.0 Å². The number of rotatable bonds is 11. The number of carbonyl (C=O) groups is 5. The summed E-state index contributed by atoms with van der Waals surface area (Å²) in [6.45, 7) is 1.84. The monoisotopic (exact) mass is 577 g/mol. The number of nitrogens with one attached hydrogen (secondary N) is 2. The number of carbonyl (C=O) groups excluding carboxylic acids is 4. The van der Waals surface area contributed by atoms with Crippen LogP contribution >= 0.6 is 0 Å². The lowest BCUT2D eigenvalue weighted by molar-refractivity contribution is -0.128. The number of aromatic carboxylic acids is 1. The number of aldehydes is 1. The van der Waals surface area contributed by atoms with Crippen LogP contribution in [-0.2, 0) is 22.4 Å². The quantitative estimate of drug-likeness (QED) is 0.232. The van der Waals surface area contributed by atoms with Crippen LogP contribution in [0.1, 0.15) is 112 Å². The number of benzene rings is 2. The van der Waals surface area contributed by atoms with Crippen molar-refractivity contribution in [1.82, 2.24) is 10.6 Å². The number of ether oxygens (including phenoxy) is 1. The number of fused-ring (bicyclic) bond motifs is 1. The van der Waals surface area contributed by atoms with Crippen LogP contribution in [0.3, 0.4) is 0 Å². The first-order chi connectivity index (χ1) is 20.2. The molecule has 3 amide bonds. The molecule has 0 aromatic heterocycles. The van der Waals surface area contributed by atoms with E-state index in [2.05, 4.69) is 10.6 Å². The molecule has 2 atom stereocenters. The molecule has 2 aliphatic rings. The molecule has 224 valence electrons. The van der Waals surface area contributed by atoms with E-state index in [0.29, 0.717) is 36.5 Å². The van der Waals surface area contributed by atoms with Gasteiger partial charge in [-0.1, -0.05) is 31.7 Å². The van der Waals surface area contributed by atoms with Crippen LogP contribution in [0.4, 0.5) is 0 Å². The number of hydrogen-bond donors (Lipinski definition) is 4. The number of amides is 3. The summed E-state index contributed by atoms with van der Waals surface area (Å²) in [5, 5.41) is 15.0. The van der Waals surface area contributed by atoms with E-state index in [1.807, 2.05) is 6.07 Å². The zero-order chi connectivity index (χ0) is 30.2. The Bertz CT molecular complexity index is 1350. The Labute approximate surface area is 245 Å². The van der Waals surface area contributed by atoms with E-state index >= 15 is 0 Å². The summed E-state index contributed by atoms with van der Waals surface area (Å²) in [7, 11) is 0. The summed E-state index contributed by atoms with van der Waals surface area (Å²) in [4.78, 5) is 60.9. The third-order valence-corrected chi connectivity index (χ3v) is 8.19. The summed E-state index contributed by atoms with van der Waals surface area (Å²) < 4.78 is 6.15. The van der Waals surface area contributed by atoms with Gasteiger partial charge in [-0.25, -0.2) is 4.79 Å². The molecule has 4 rings (SSSR count). The predicted molar refractivity (Wildman–Crippen MR) is 156 cm³/mol. The van der Waals surface area contributed by atoms with Crippen LogP contribution in [0, 0.1) is 5.92 Å². The van der Waals surface area contributed by atoms with E-state index in [0.717, 1.165) is 43.2 Å². The highest BCUT2D eigenvalue weighted by atomic mass is 16.5. The van der Waals surface area contributed by atoms with Gasteiger partial charge in [-0.15, -0.1) is 0 Å². The molecule has 0 heterocycles. The largest absolute Gasteiger partial charge is 0.492 e. The molecule has 0 radical (unpaired) electrons. The minimum Gasteiger partial charge on any atom is -0.492 e. The van der Waals surface area contributed by atoms with Gasteiger partial charge in [-0.05, 0) is 79.0 Å². The molecular weight excluding hydrogens is 538 g/mol. The van der Waals surface area contributed by atoms with Crippen molar-refractivity contribution in [3.8, 4) is 5.75 Å². The standard InChI is InChI=1S/C32H39N3O7/c1-19(37)34-28(14-21-11-12-24(32(40)41)23(13-21)17-36)31(39)35-27-10-6-5-9-22-15-29(26(30(33)38)16-25(22)27)42-18-20-7-3-2-4-8-20/h11-13,15-17,20,27-28H,2-10,14,18H2,1H3,(H2,33,38)(H,34,37)(H,35,39)(H,40,41). The normalized spacial score (nSPS) is 17.7. The Balaban J connectivity index is 1.56. The van der Waals surface area contributed by atoms with Gasteiger partial charge >= 0.3 is 5.97 Å². The zero-order valence-electron chi connectivity index (χ0n) is 23.9. The van der Waals surface area contributed by atoms with Crippen LogP contribution in [0.5, 0.6) is 5.75 Å². The Hall–Kier alpha value is -4.21. The lowest BCUT2D eigenvalue weighted by Crippen LogP contribution is -2.48. The van der Waals surface area contributed by atoms with Crippen molar-refractivity contribution in [3.05, 3.63) is 63.7 Å². The van der Waals surface area contributed by atoms with Gasteiger partial charge in [-0.3, -0.25) is 19.2 Å². The lowest BCUT2D eigenvalue weighted by Gasteiger charge is -2.26. The summed E-state index contributed by atoms with van der Waals surface area (Å²) in [6, 6.07) is 6.47. The van der Waals surface area contributed by atoms with Crippen molar-refractivity contribution in [2.24, 2.45) is 11.7 Å². The molecule has 1 fully saturated rings. The van der Waals surface area contributed by atoms with Gasteiger partial charge in [-0.2, -0.15) is 0 Å². The molecule has 2 aromatic carbocycles. The Morgan fingerprint density at radius 2 is 1.76 bits per heavy atom. The zero-order valence-corrected chi connectivity index (χ0v) is 23.9. The Kier molecular flexibility index (Phi) is 10.3. The fraction of sp³-hybridized carbons (Fsp3) is 0.469. The van der Waals surface area contributed by atoms with Crippen LogP contribution in [0.15, 0.2) is 30.3 Å². The fourth-order valence-corrected chi connectivity index (χ4v) is 6.02. The summed E-state index contributed by atoms with van der Waals surface area (Å²) in [5.41, 5.74) is 8.20. The van der Waals surface area contributed by atoms with Crippen LogP contribution in [-0.4, -0.2) is 47.7 Å². The van der Waals surface area contributed by atoms with Gasteiger partial charge < -0.3 is 26.2 Å². The van der Waals surface area contributed by atoms with E-state index in [4.69, 9.17) is 10.5 Å². The molecule has 5 N–H and O–H groups in total. The van der Waals surface area contributed by atoms with E-state index in [9.17, 15) is 29.1 Å². The molecule has 1 saturated carbocycles. The smallest absolute Gasteiger partial charge is 0.336 e. The molecule has 2 aliphatic carbocycles. The molecule has 10 nitrogen and oxygen atoms in total. The summed E-state index contributed by atoms with van der Waals surface area (Å²) >= 11 is 0.